The standard InChI is InChI=1S/C19H23NO/c1-12-8-13(2)10-16(9-12)14(3)20-19-17-7-5-4-6-15(17)11-18(19)21/h4-10,14,18-21H,11H2,1-3H3. The average Bonchev–Trinajstić information content (AvgIpc) is 2.74. The fraction of sp³-hybridized carbons (Fsp3) is 0.368. The summed E-state index contributed by atoms with van der Waals surface area (Å²) in [5.41, 5.74) is 6.34. The first-order valence-electron chi connectivity index (χ1n) is 7.64. The Labute approximate surface area is 126 Å². The largest absolute Gasteiger partial charge is 0.391 e. The second kappa shape index (κ2) is 5.63. The maximum Gasteiger partial charge on any atom is 0.0775 e. The van der Waals surface area contributed by atoms with Crippen LogP contribution in [0.2, 0.25) is 0 Å². The van der Waals surface area contributed by atoms with Gasteiger partial charge in [0.25, 0.3) is 0 Å². The molecule has 0 aromatic heterocycles. The molecule has 1 aliphatic rings. The van der Waals surface area contributed by atoms with Gasteiger partial charge in [0.05, 0.1) is 12.1 Å². The van der Waals surface area contributed by atoms with Crippen LogP contribution in [-0.4, -0.2) is 11.2 Å². The second-order valence-electron chi connectivity index (χ2n) is 6.26. The normalized spacial score (nSPS) is 22.1. The van der Waals surface area contributed by atoms with Gasteiger partial charge in [-0.05, 0) is 37.5 Å². The molecular weight excluding hydrogens is 258 g/mol. The van der Waals surface area contributed by atoms with E-state index in [1.165, 1.54) is 27.8 Å². The minimum absolute atomic E-state index is 0.0250. The molecule has 3 rings (SSSR count). The molecule has 2 aromatic carbocycles. The highest BCUT2D eigenvalue weighted by molar-refractivity contribution is 5.37. The Morgan fingerprint density at radius 3 is 2.48 bits per heavy atom. The Morgan fingerprint density at radius 2 is 1.76 bits per heavy atom. The van der Waals surface area contributed by atoms with Gasteiger partial charge in [-0.25, -0.2) is 0 Å². The number of nitrogens with one attached hydrogen (secondary N) is 1. The van der Waals surface area contributed by atoms with Crippen LogP contribution in [-0.2, 0) is 6.42 Å². The van der Waals surface area contributed by atoms with Crippen molar-refractivity contribution in [2.45, 2.75) is 45.4 Å². The molecule has 0 radical (unpaired) electrons. The topological polar surface area (TPSA) is 32.3 Å². The third-order valence-electron chi connectivity index (χ3n) is 4.38. The molecule has 3 atom stereocenters. The number of hydrogen-bond acceptors (Lipinski definition) is 2. The number of fused-ring (bicyclic) bond motifs is 1. The fourth-order valence-corrected chi connectivity index (χ4v) is 3.40. The summed E-state index contributed by atoms with van der Waals surface area (Å²) in [5.74, 6) is 0. The van der Waals surface area contributed by atoms with Gasteiger partial charge < -0.3 is 10.4 Å². The van der Waals surface area contributed by atoms with Crippen LogP contribution < -0.4 is 5.32 Å². The maximum atomic E-state index is 10.4. The Hall–Kier alpha value is -1.64. The molecule has 21 heavy (non-hydrogen) atoms. The van der Waals surface area contributed by atoms with Gasteiger partial charge in [0.1, 0.15) is 0 Å². The summed E-state index contributed by atoms with van der Waals surface area (Å²) in [6.07, 6.45) is 0.406. The van der Waals surface area contributed by atoms with E-state index in [4.69, 9.17) is 0 Å². The number of hydrogen-bond donors (Lipinski definition) is 2. The first-order valence-corrected chi connectivity index (χ1v) is 7.64. The molecule has 0 spiro atoms. The van der Waals surface area contributed by atoms with E-state index in [-0.39, 0.29) is 18.2 Å². The predicted molar refractivity (Wildman–Crippen MR) is 86.4 cm³/mol. The lowest BCUT2D eigenvalue weighted by Crippen LogP contribution is -2.31. The van der Waals surface area contributed by atoms with Crippen LogP contribution in [0.25, 0.3) is 0 Å². The zero-order valence-corrected chi connectivity index (χ0v) is 12.9. The molecule has 110 valence electrons. The summed E-state index contributed by atoms with van der Waals surface area (Å²) in [7, 11) is 0. The van der Waals surface area contributed by atoms with Crippen molar-refractivity contribution in [3.63, 3.8) is 0 Å². The van der Waals surface area contributed by atoms with E-state index in [1.54, 1.807) is 0 Å². The van der Waals surface area contributed by atoms with Gasteiger partial charge in [-0.3, -0.25) is 0 Å². The van der Waals surface area contributed by atoms with E-state index in [9.17, 15) is 5.11 Å². The summed E-state index contributed by atoms with van der Waals surface area (Å²) >= 11 is 0. The zero-order chi connectivity index (χ0) is 15.0. The molecule has 1 aliphatic carbocycles. The quantitative estimate of drug-likeness (QED) is 0.900. The van der Waals surface area contributed by atoms with E-state index in [1.807, 2.05) is 12.1 Å². The summed E-state index contributed by atoms with van der Waals surface area (Å²) in [6, 6.07) is 15.2. The Balaban J connectivity index is 1.83. The highest BCUT2D eigenvalue weighted by Gasteiger charge is 2.31. The molecule has 0 aliphatic heterocycles. The van der Waals surface area contributed by atoms with Gasteiger partial charge in [0, 0.05) is 12.5 Å². The Kier molecular flexibility index (Phi) is 3.83. The predicted octanol–water partition coefficient (Wildman–Crippen LogP) is 3.61. The average molecular weight is 281 g/mol. The lowest BCUT2D eigenvalue weighted by atomic mass is 10.0. The lowest BCUT2D eigenvalue weighted by molar-refractivity contribution is 0.136. The molecule has 0 saturated heterocycles. The van der Waals surface area contributed by atoms with Crippen molar-refractivity contribution in [2.75, 3.05) is 0 Å². The van der Waals surface area contributed by atoms with Crippen LogP contribution in [0.5, 0.6) is 0 Å². The number of rotatable bonds is 3. The highest BCUT2D eigenvalue weighted by atomic mass is 16.3. The molecule has 0 saturated carbocycles. The van der Waals surface area contributed by atoms with Gasteiger partial charge in [-0.2, -0.15) is 0 Å². The zero-order valence-electron chi connectivity index (χ0n) is 12.9. The van der Waals surface area contributed by atoms with E-state index in [0.717, 1.165) is 6.42 Å². The highest BCUT2D eigenvalue weighted by Crippen LogP contribution is 2.33. The molecule has 3 unspecified atom stereocenters. The third kappa shape index (κ3) is 2.87. The maximum absolute atomic E-state index is 10.4. The van der Waals surface area contributed by atoms with Gasteiger partial charge in [0.2, 0.25) is 0 Å². The van der Waals surface area contributed by atoms with E-state index >= 15 is 0 Å². The minimum atomic E-state index is -0.337. The van der Waals surface area contributed by atoms with Gasteiger partial charge in [-0.15, -0.1) is 0 Å². The molecule has 0 heterocycles. The molecule has 2 heteroatoms. The molecule has 2 N–H and O–H groups in total. The van der Waals surface area contributed by atoms with Crippen molar-refractivity contribution in [1.29, 1.82) is 0 Å². The molecule has 0 bridgehead atoms. The first-order chi connectivity index (χ1) is 10.0. The smallest absolute Gasteiger partial charge is 0.0775 e. The minimum Gasteiger partial charge on any atom is -0.391 e. The Morgan fingerprint density at radius 1 is 1.10 bits per heavy atom. The molecule has 0 amide bonds. The monoisotopic (exact) mass is 281 g/mol. The van der Waals surface area contributed by atoms with Gasteiger partial charge in [-0.1, -0.05) is 53.6 Å². The van der Waals surface area contributed by atoms with E-state index in [0.29, 0.717) is 0 Å². The fourth-order valence-electron chi connectivity index (χ4n) is 3.40. The second-order valence-corrected chi connectivity index (χ2v) is 6.26. The van der Waals surface area contributed by atoms with Crippen LogP contribution in [0, 0.1) is 13.8 Å². The number of benzene rings is 2. The van der Waals surface area contributed by atoms with Crippen molar-refractivity contribution >= 4 is 0 Å². The summed E-state index contributed by atoms with van der Waals surface area (Å²) in [5, 5.41) is 14.0. The van der Waals surface area contributed by atoms with Crippen molar-refractivity contribution in [3.05, 3.63) is 70.3 Å². The molecule has 0 fully saturated rings. The summed E-state index contributed by atoms with van der Waals surface area (Å²) < 4.78 is 0. The van der Waals surface area contributed by atoms with Crippen molar-refractivity contribution < 1.29 is 5.11 Å². The SMILES string of the molecule is Cc1cc(C)cc(C(C)NC2c3ccccc3CC2O)c1. The Bertz CT molecular complexity index is 630. The first kappa shape index (κ1) is 14.3. The molecular formula is C19H23NO. The number of aliphatic hydroxyl groups is 1. The van der Waals surface area contributed by atoms with Gasteiger partial charge in [0.15, 0.2) is 0 Å². The van der Waals surface area contributed by atoms with Crippen molar-refractivity contribution in [2.24, 2.45) is 0 Å². The van der Waals surface area contributed by atoms with E-state index in [2.05, 4.69) is 56.4 Å². The number of aliphatic hydroxyl groups excluding tert-OH is 1. The van der Waals surface area contributed by atoms with Crippen LogP contribution in [0.15, 0.2) is 42.5 Å². The van der Waals surface area contributed by atoms with Crippen molar-refractivity contribution in [3.8, 4) is 0 Å². The summed E-state index contributed by atoms with van der Waals surface area (Å²) in [4.78, 5) is 0. The van der Waals surface area contributed by atoms with Gasteiger partial charge >= 0.3 is 0 Å². The molecule has 2 nitrogen and oxygen atoms in total. The van der Waals surface area contributed by atoms with Crippen molar-refractivity contribution in [1.82, 2.24) is 5.32 Å². The third-order valence-corrected chi connectivity index (χ3v) is 4.38. The van der Waals surface area contributed by atoms with E-state index < -0.39 is 0 Å². The lowest BCUT2D eigenvalue weighted by Gasteiger charge is -2.24. The summed E-state index contributed by atoms with van der Waals surface area (Å²) in [6.45, 7) is 6.42. The number of aryl methyl sites for hydroxylation is 2. The molecule has 2 aromatic rings. The van der Waals surface area contributed by atoms with Crippen LogP contribution in [0.1, 0.15) is 46.8 Å². The van der Waals surface area contributed by atoms with Crippen LogP contribution in [0.3, 0.4) is 0 Å². The van der Waals surface area contributed by atoms with Crippen LogP contribution >= 0.6 is 0 Å². The van der Waals surface area contributed by atoms with Crippen LogP contribution in [0.4, 0.5) is 0 Å².